The lowest BCUT2D eigenvalue weighted by Crippen LogP contribution is -2.54. The molecule has 0 spiro atoms. The van der Waals surface area contributed by atoms with E-state index in [1.807, 2.05) is 26.0 Å². The molecule has 0 atom stereocenters. The molecule has 0 saturated carbocycles. The summed E-state index contributed by atoms with van der Waals surface area (Å²) >= 11 is 5.28. The number of carboxylic acid groups (broad SMARTS) is 1. The van der Waals surface area contributed by atoms with Gasteiger partial charge in [-0.25, -0.2) is 4.79 Å². The number of nitrogens with zero attached hydrogens (tertiary/aromatic N) is 1. The Hall–Kier alpha value is -4.04. The van der Waals surface area contributed by atoms with Crippen LogP contribution in [0.5, 0.6) is 0 Å². The van der Waals surface area contributed by atoms with Crippen LogP contribution in [-0.4, -0.2) is 28.0 Å². The maximum Gasteiger partial charge on any atom is 0.335 e. The van der Waals surface area contributed by atoms with E-state index in [0.29, 0.717) is 22.8 Å². The molecular formula is C25H20N2O5S. The van der Waals surface area contributed by atoms with Crippen molar-refractivity contribution in [1.82, 2.24) is 5.32 Å². The fraction of sp³-hybridized carbons (Fsp3) is 0.120. The summed E-state index contributed by atoms with van der Waals surface area (Å²) < 4.78 is 5.85. The number of furan rings is 1. The average molecular weight is 461 g/mol. The summed E-state index contributed by atoms with van der Waals surface area (Å²) in [7, 11) is 0. The Morgan fingerprint density at radius 1 is 1.06 bits per heavy atom. The predicted molar refractivity (Wildman–Crippen MR) is 128 cm³/mol. The van der Waals surface area contributed by atoms with Crippen molar-refractivity contribution in [2.75, 3.05) is 4.90 Å². The zero-order valence-electron chi connectivity index (χ0n) is 18.1. The second-order valence-electron chi connectivity index (χ2n) is 7.71. The van der Waals surface area contributed by atoms with Crippen LogP contribution in [0.2, 0.25) is 0 Å². The van der Waals surface area contributed by atoms with Crippen molar-refractivity contribution in [3.63, 3.8) is 0 Å². The summed E-state index contributed by atoms with van der Waals surface area (Å²) in [4.78, 5) is 38.3. The lowest BCUT2D eigenvalue weighted by Gasteiger charge is -2.30. The summed E-state index contributed by atoms with van der Waals surface area (Å²) in [5.41, 5.74) is 3.98. The van der Waals surface area contributed by atoms with Crippen molar-refractivity contribution < 1.29 is 23.9 Å². The van der Waals surface area contributed by atoms with Crippen molar-refractivity contribution in [2.45, 2.75) is 20.8 Å². The van der Waals surface area contributed by atoms with Gasteiger partial charge >= 0.3 is 5.97 Å². The SMILES string of the molecule is Cc1cc(C(=O)O)ccc1-c1ccc(/C=C2\C(=O)NC(=S)N(c3cccc(C)c3C)C2=O)o1. The molecule has 2 aromatic carbocycles. The van der Waals surface area contributed by atoms with Crippen LogP contribution in [0, 0.1) is 20.8 Å². The van der Waals surface area contributed by atoms with Crippen molar-refractivity contribution >= 4 is 46.9 Å². The molecule has 0 bridgehead atoms. The van der Waals surface area contributed by atoms with E-state index >= 15 is 0 Å². The van der Waals surface area contributed by atoms with Crippen molar-refractivity contribution in [3.05, 3.63) is 82.1 Å². The summed E-state index contributed by atoms with van der Waals surface area (Å²) in [6.07, 6.45) is 1.38. The molecule has 0 aliphatic carbocycles. The minimum Gasteiger partial charge on any atom is -0.478 e. The van der Waals surface area contributed by atoms with Crippen LogP contribution in [0.25, 0.3) is 17.4 Å². The monoisotopic (exact) mass is 460 g/mol. The number of aromatic carboxylic acids is 1. The number of nitrogens with one attached hydrogen (secondary N) is 1. The second kappa shape index (κ2) is 8.48. The molecule has 8 heteroatoms. The molecule has 7 nitrogen and oxygen atoms in total. The van der Waals surface area contributed by atoms with Gasteiger partial charge in [0.1, 0.15) is 17.1 Å². The van der Waals surface area contributed by atoms with Gasteiger partial charge in [-0.3, -0.25) is 19.8 Å². The van der Waals surface area contributed by atoms with Crippen molar-refractivity contribution in [3.8, 4) is 11.3 Å². The number of rotatable bonds is 4. The van der Waals surface area contributed by atoms with E-state index in [4.69, 9.17) is 21.7 Å². The van der Waals surface area contributed by atoms with Gasteiger partial charge in [0, 0.05) is 5.56 Å². The van der Waals surface area contributed by atoms with E-state index < -0.39 is 17.8 Å². The Morgan fingerprint density at radius 2 is 1.82 bits per heavy atom. The van der Waals surface area contributed by atoms with E-state index in [9.17, 15) is 14.4 Å². The number of aryl methyl sites for hydroxylation is 2. The lowest BCUT2D eigenvalue weighted by atomic mass is 10.0. The van der Waals surface area contributed by atoms with Crippen LogP contribution >= 0.6 is 12.2 Å². The van der Waals surface area contributed by atoms with Gasteiger partial charge in [-0.1, -0.05) is 18.2 Å². The van der Waals surface area contributed by atoms with Crippen LogP contribution < -0.4 is 10.2 Å². The van der Waals surface area contributed by atoms with E-state index in [1.165, 1.54) is 17.0 Å². The second-order valence-corrected chi connectivity index (χ2v) is 8.10. The van der Waals surface area contributed by atoms with Gasteiger partial charge in [0.25, 0.3) is 11.8 Å². The van der Waals surface area contributed by atoms with Gasteiger partial charge in [-0.15, -0.1) is 0 Å². The molecule has 0 radical (unpaired) electrons. The molecule has 3 aromatic rings. The molecule has 0 unspecified atom stereocenters. The molecule has 4 rings (SSSR count). The number of hydrogen-bond acceptors (Lipinski definition) is 5. The van der Waals surface area contributed by atoms with Crippen molar-refractivity contribution in [1.29, 1.82) is 0 Å². The number of benzene rings is 2. The first-order chi connectivity index (χ1) is 15.7. The third-order valence-corrected chi connectivity index (χ3v) is 5.86. The standard InChI is InChI=1S/C25H20N2O5S/c1-13-5-4-6-20(15(13)3)27-23(29)19(22(28)26-25(27)33)12-17-8-10-21(32-17)18-9-7-16(24(30)31)11-14(18)2/h4-12H,1-3H3,(H,30,31)(H,26,28,33)/b19-12+. The number of thiocarbonyl (C=S) groups is 1. The predicted octanol–water partition coefficient (Wildman–Crippen LogP) is 4.40. The van der Waals surface area contributed by atoms with E-state index in [1.54, 1.807) is 37.3 Å². The highest BCUT2D eigenvalue weighted by Gasteiger charge is 2.35. The molecule has 2 amide bonds. The summed E-state index contributed by atoms with van der Waals surface area (Å²) in [5, 5.41) is 11.7. The molecule has 1 fully saturated rings. The van der Waals surface area contributed by atoms with Crippen LogP contribution in [0.4, 0.5) is 5.69 Å². The highest BCUT2D eigenvalue weighted by molar-refractivity contribution is 7.80. The quantitative estimate of drug-likeness (QED) is 0.340. The average Bonchev–Trinajstić information content (AvgIpc) is 3.22. The van der Waals surface area contributed by atoms with Crippen LogP contribution in [0.1, 0.15) is 32.8 Å². The molecular weight excluding hydrogens is 440 g/mol. The minimum atomic E-state index is -1.01. The Kier molecular flexibility index (Phi) is 5.69. The van der Waals surface area contributed by atoms with Gasteiger partial charge in [0.15, 0.2) is 5.11 Å². The maximum atomic E-state index is 13.3. The van der Waals surface area contributed by atoms with Crippen LogP contribution in [0.15, 0.2) is 58.5 Å². The number of hydrogen-bond donors (Lipinski definition) is 2. The first-order valence-corrected chi connectivity index (χ1v) is 10.5. The Morgan fingerprint density at radius 3 is 2.52 bits per heavy atom. The number of amides is 2. The molecule has 2 heterocycles. The summed E-state index contributed by atoms with van der Waals surface area (Å²) in [6, 6.07) is 13.6. The Balaban J connectivity index is 1.69. The molecule has 1 saturated heterocycles. The number of anilines is 1. The van der Waals surface area contributed by atoms with Gasteiger partial charge in [0.05, 0.1) is 11.3 Å². The topological polar surface area (TPSA) is 99.8 Å². The number of carbonyl (C=O) groups is 3. The molecule has 33 heavy (non-hydrogen) atoms. The molecule has 1 aromatic heterocycles. The zero-order chi connectivity index (χ0) is 23.9. The van der Waals surface area contributed by atoms with Gasteiger partial charge in [0.2, 0.25) is 0 Å². The van der Waals surface area contributed by atoms with Crippen LogP contribution in [0.3, 0.4) is 0 Å². The van der Waals surface area contributed by atoms with E-state index in [0.717, 1.165) is 16.7 Å². The number of carboxylic acids is 1. The fourth-order valence-corrected chi connectivity index (χ4v) is 3.92. The number of carbonyl (C=O) groups excluding carboxylic acids is 2. The summed E-state index contributed by atoms with van der Waals surface area (Å²) in [6.45, 7) is 5.60. The summed E-state index contributed by atoms with van der Waals surface area (Å²) in [5.74, 6) is -1.37. The normalized spacial score (nSPS) is 15.2. The minimum absolute atomic E-state index is 0.0186. The largest absolute Gasteiger partial charge is 0.478 e. The Bertz CT molecular complexity index is 1370. The highest BCUT2D eigenvalue weighted by atomic mass is 32.1. The smallest absolute Gasteiger partial charge is 0.335 e. The lowest BCUT2D eigenvalue weighted by molar-refractivity contribution is -0.122. The van der Waals surface area contributed by atoms with E-state index in [-0.39, 0.29) is 16.2 Å². The van der Waals surface area contributed by atoms with E-state index in [2.05, 4.69) is 5.32 Å². The molecule has 1 aliphatic heterocycles. The first-order valence-electron chi connectivity index (χ1n) is 10.1. The zero-order valence-corrected chi connectivity index (χ0v) is 18.9. The third-order valence-electron chi connectivity index (χ3n) is 5.57. The van der Waals surface area contributed by atoms with Gasteiger partial charge in [-0.05, 0) is 86.1 Å². The maximum absolute atomic E-state index is 13.3. The van der Waals surface area contributed by atoms with Gasteiger partial charge < -0.3 is 9.52 Å². The molecule has 166 valence electrons. The highest BCUT2D eigenvalue weighted by Crippen LogP contribution is 2.30. The van der Waals surface area contributed by atoms with Crippen molar-refractivity contribution in [2.24, 2.45) is 0 Å². The molecule has 1 aliphatic rings. The molecule has 2 N–H and O–H groups in total. The first kappa shape index (κ1) is 22.2. The van der Waals surface area contributed by atoms with Crippen LogP contribution in [-0.2, 0) is 9.59 Å². The Labute approximate surface area is 195 Å². The van der Waals surface area contributed by atoms with Gasteiger partial charge in [-0.2, -0.15) is 0 Å². The third kappa shape index (κ3) is 4.08. The fourth-order valence-electron chi connectivity index (χ4n) is 3.64.